The molecule has 0 spiro atoms. The van der Waals surface area contributed by atoms with Crippen LogP contribution in [0.1, 0.15) is 26.7 Å². The highest BCUT2D eigenvalue weighted by Crippen LogP contribution is 2.57. The van der Waals surface area contributed by atoms with E-state index < -0.39 is 5.60 Å². The smallest absolute Gasteiger partial charge is 0.0760 e. The summed E-state index contributed by atoms with van der Waals surface area (Å²) in [6.45, 7) is 5.95. The number of aliphatic hydroxyl groups excluding tert-OH is 1. The minimum atomic E-state index is -0.615. The van der Waals surface area contributed by atoms with Gasteiger partial charge in [-0.05, 0) is 18.3 Å². The Kier molecular flexibility index (Phi) is 1.79. The van der Waals surface area contributed by atoms with Crippen molar-refractivity contribution in [3.05, 3.63) is 0 Å². The molecule has 0 aromatic rings. The van der Waals surface area contributed by atoms with Gasteiger partial charge in [-0.15, -0.1) is 0 Å². The lowest BCUT2D eigenvalue weighted by atomic mass is 9.50. The summed E-state index contributed by atoms with van der Waals surface area (Å²) in [5, 5.41) is 22.8. The quantitative estimate of drug-likeness (QED) is 0.573. The van der Waals surface area contributed by atoms with Crippen molar-refractivity contribution in [1.29, 1.82) is 0 Å². The highest BCUT2D eigenvalue weighted by molar-refractivity contribution is 5.15. The van der Waals surface area contributed by atoms with Crippen LogP contribution < -0.4 is 5.32 Å². The standard InChI is InChI=1S/C10H19NO2/c1-8(2)3-10(13,4-8)9(7-12)5-11-6-9/h11-13H,3-7H2,1-2H3. The Morgan fingerprint density at radius 2 is 1.77 bits per heavy atom. The van der Waals surface area contributed by atoms with Crippen molar-refractivity contribution in [2.75, 3.05) is 19.7 Å². The van der Waals surface area contributed by atoms with Crippen LogP contribution in [0.15, 0.2) is 0 Å². The van der Waals surface area contributed by atoms with E-state index in [-0.39, 0.29) is 17.4 Å². The Balaban J connectivity index is 2.08. The van der Waals surface area contributed by atoms with E-state index in [0.29, 0.717) is 0 Å². The molecule has 0 aromatic carbocycles. The Bertz CT molecular complexity index is 207. The van der Waals surface area contributed by atoms with Gasteiger partial charge in [0, 0.05) is 18.5 Å². The maximum Gasteiger partial charge on any atom is 0.0760 e. The zero-order valence-electron chi connectivity index (χ0n) is 8.43. The van der Waals surface area contributed by atoms with Crippen LogP contribution in [0, 0.1) is 10.8 Å². The van der Waals surface area contributed by atoms with Gasteiger partial charge in [0.2, 0.25) is 0 Å². The lowest BCUT2D eigenvalue weighted by Gasteiger charge is -2.62. The Hall–Kier alpha value is -0.120. The second kappa shape index (κ2) is 2.47. The first-order valence-electron chi connectivity index (χ1n) is 4.97. The van der Waals surface area contributed by atoms with Crippen molar-refractivity contribution in [3.8, 4) is 0 Å². The van der Waals surface area contributed by atoms with Gasteiger partial charge in [0.15, 0.2) is 0 Å². The largest absolute Gasteiger partial charge is 0.396 e. The molecule has 0 atom stereocenters. The molecule has 1 aliphatic carbocycles. The van der Waals surface area contributed by atoms with E-state index >= 15 is 0 Å². The Labute approximate surface area is 79.2 Å². The number of hydrogen-bond acceptors (Lipinski definition) is 3. The van der Waals surface area contributed by atoms with Crippen LogP contribution in [0.2, 0.25) is 0 Å². The van der Waals surface area contributed by atoms with Crippen molar-refractivity contribution in [3.63, 3.8) is 0 Å². The van der Waals surface area contributed by atoms with E-state index in [2.05, 4.69) is 19.2 Å². The van der Waals surface area contributed by atoms with Crippen LogP contribution >= 0.6 is 0 Å². The second-order valence-corrected chi connectivity index (χ2v) is 5.59. The molecule has 1 aliphatic heterocycles. The van der Waals surface area contributed by atoms with Crippen molar-refractivity contribution in [2.24, 2.45) is 10.8 Å². The highest BCUT2D eigenvalue weighted by atomic mass is 16.3. The number of nitrogens with one attached hydrogen (secondary N) is 1. The normalized spacial score (nSPS) is 33.2. The molecule has 13 heavy (non-hydrogen) atoms. The molecule has 0 aromatic heterocycles. The molecule has 0 radical (unpaired) electrons. The number of aliphatic hydroxyl groups is 2. The third-order valence-electron chi connectivity index (χ3n) is 3.76. The van der Waals surface area contributed by atoms with E-state index in [1.54, 1.807) is 0 Å². The first kappa shape index (κ1) is 9.44. The van der Waals surface area contributed by atoms with Crippen molar-refractivity contribution < 1.29 is 10.2 Å². The first-order valence-corrected chi connectivity index (χ1v) is 4.97. The summed E-state index contributed by atoms with van der Waals surface area (Å²) in [4.78, 5) is 0. The monoisotopic (exact) mass is 185 g/mol. The third kappa shape index (κ3) is 1.14. The van der Waals surface area contributed by atoms with Gasteiger partial charge in [-0.2, -0.15) is 0 Å². The van der Waals surface area contributed by atoms with Crippen molar-refractivity contribution in [2.45, 2.75) is 32.3 Å². The predicted molar refractivity (Wildman–Crippen MR) is 50.4 cm³/mol. The van der Waals surface area contributed by atoms with E-state index in [4.69, 9.17) is 0 Å². The Morgan fingerprint density at radius 3 is 2.00 bits per heavy atom. The fraction of sp³-hybridized carbons (Fsp3) is 1.00. The summed E-state index contributed by atoms with van der Waals surface area (Å²) >= 11 is 0. The van der Waals surface area contributed by atoms with Crippen LogP contribution in [0.25, 0.3) is 0 Å². The summed E-state index contributed by atoms with van der Waals surface area (Å²) in [5.41, 5.74) is -0.606. The molecule has 2 rings (SSSR count). The van der Waals surface area contributed by atoms with E-state index in [1.165, 1.54) is 0 Å². The summed E-state index contributed by atoms with van der Waals surface area (Å²) in [6.07, 6.45) is 1.64. The molecular formula is C10H19NO2. The molecule has 3 N–H and O–H groups in total. The van der Waals surface area contributed by atoms with Crippen LogP contribution in [0.5, 0.6) is 0 Å². The fourth-order valence-electron chi connectivity index (χ4n) is 2.92. The number of rotatable bonds is 2. The summed E-state index contributed by atoms with van der Waals surface area (Å²) in [6, 6.07) is 0. The average molecular weight is 185 g/mol. The molecule has 3 heteroatoms. The molecule has 2 fully saturated rings. The third-order valence-corrected chi connectivity index (χ3v) is 3.76. The van der Waals surface area contributed by atoms with Crippen molar-refractivity contribution >= 4 is 0 Å². The maximum absolute atomic E-state index is 10.3. The van der Waals surface area contributed by atoms with Crippen LogP contribution in [-0.2, 0) is 0 Å². The van der Waals surface area contributed by atoms with Gasteiger partial charge >= 0.3 is 0 Å². The van der Waals surface area contributed by atoms with Gasteiger partial charge in [-0.25, -0.2) is 0 Å². The summed E-state index contributed by atoms with van der Waals surface area (Å²) in [7, 11) is 0. The van der Waals surface area contributed by atoms with E-state index in [9.17, 15) is 10.2 Å². The predicted octanol–water partition coefficient (Wildman–Crippen LogP) is 0.119. The van der Waals surface area contributed by atoms with E-state index in [1.807, 2.05) is 0 Å². The molecular weight excluding hydrogens is 166 g/mol. The van der Waals surface area contributed by atoms with E-state index in [0.717, 1.165) is 25.9 Å². The molecule has 3 nitrogen and oxygen atoms in total. The van der Waals surface area contributed by atoms with Gasteiger partial charge in [-0.3, -0.25) is 0 Å². The van der Waals surface area contributed by atoms with Crippen LogP contribution in [-0.4, -0.2) is 35.5 Å². The zero-order valence-corrected chi connectivity index (χ0v) is 8.43. The molecule has 1 saturated carbocycles. The fourth-order valence-corrected chi connectivity index (χ4v) is 2.92. The lowest BCUT2D eigenvalue weighted by Crippen LogP contribution is -2.73. The minimum absolute atomic E-state index is 0.104. The minimum Gasteiger partial charge on any atom is -0.396 e. The summed E-state index contributed by atoms with van der Waals surface area (Å²) < 4.78 is 0. The molecule has 0 amide bonds. The second-order valence-electron chi connectivity index (χ2n) is 5.59. The zero-order chi connectivity index (χ0) is 9.74. The summed E-state index contributed by atoms with van der Waals surface area (Å²) in [5.74, 6) is 0. The maximum atomic E-state index is 10.3. The molecule has 0 bridgehead atoms. The van der Waals surface area contributed by atoms with Gasteiger partial charge in [0.25, 0.3) is 0 Å². The SMILES string of the molecule is CC1(C)CC(O)(C2(CO)CNC2)C1. The van der Waals surface area contributed by atoms with Crippen molar-refractivity contribution in [1.82, 2.24) is 5.32 Å². The topological polar surface area (TPSA) is 52.5 Å². The van der Waals surface area contributed by atoms with Crippen LogP contribution in [0.3, 0.4) is 0 Å². The highest BCUT2D eigenvalue weighted by Gasteiger charge is 2.62. The lowest BCUT2D eigenvalue weighted by molar-refractivity contribution is -0.222. The molecule has 2 aliphatic rings. The Morgan fingerprint density at radius 1 is 1.23 bits per heavy atom. The van der Waals surface area contributed by atoms with Gasteiger partial charge in [-0.1, -0.05) is 13.8 Å². The van der Waals surface area contributed by atoms with Gasteiger partial charge in [0.05, 0.1) is 12.2 Å². The van der Waals surface area contributed by atoms with Gasteiger partial charge < -0.3 is 15.5 Å². The molecule has 1 saturated heterocycles. The first-order chi connectivity index (χ1) is 5.93. The van der Waals surface area contributed by atoms with Crippen LogP contribution in [0.4, 0.5) is 0 Å². The molecule has 0 unspecified atom stereocenters. The average Bonchev–Trinajstić information content (AvgIpc) is 1.79. The number of hydrogen-bond donors (Lipinski definition) is 3. The van der Waals surface area contributed by atoms with Gasteiger partial charge in [0.1, 0.15) is 0 Å². The molecule has 76 valence electrons. The molecule has 1 heterocycles.